The fourth-order valence-corrected chi connectivity index (χ4v) is 3.49. The van der Waals surface area contributed by atoms with Crippen molar-refractivity contribution in [3.05, 3.63) is 17.6 Å². The molecule has 1 atom stereocenters. The minimum atomic E-state index is 0.279. The first kappa shape index (κ1) is 14.7. The summed E-state index contributed by atoms with van der Waals surface area (Å²) in [7, 11) is 0. The summed E-state index contributed by atoms with van der Waals surface area (Å²) in [5.74, 6) is 2.86. The third-order valence-electron chi connectivity index (χ3n) is 4.70. The Balaban J connectivity index is 1.80. The lowest BCUT2D eigenvalue weighted by atomic mass is 9.94. The zero-order valence-corrected chi connectivity index (χ0v) is 12.9. The number of nitrogens with one attached hydrogen (secondary N) is 1. The van der Waals surface area contributed by atoms with Gasteiger partial charge in [-0.05, 0) is 51.6 Å². The molecule has 0 aliphatic carbocycles. The number of rotatable bonds is 3. The normalized spacial score (nSPS) is 24.3. The van der Waals surface area contributed by atoms with Crippen LogP contribution in [0.1, 0.15) is 43.1 Å². The second-order valence-corrected chi connectivity index (χ2v) is 6.36. The van der Waals surface area contributed by atoms with E-state index < -0.39 is 0 Å². The second kappa shape index (κ2) is 6.71. The molecule has 5 heteroatoms. The van der Waals surface area contributed by atoms with Crippen LogP contribution in [0.15, 0.2) is 6.07 Å². The van der Waals surface area contributed by atoms with Gasteiger partial charge in [0.2, 0.25) is 0 Å². The van der Waals surface area contributed by atoms with E-state index in [1.165, 1.54) is 5.69 Å². The van der Waals surface area contributed by atoms with Crippen molar-refractivity contribution in [1.82, 2.24) is 15.3 Å². The van der Waals surface area contributed by atoms with Gasteiger partial charge in [0.25, 0.3) is 0 Å². The maximum atomic E-state index is 9.40. The molecular formula is C16H26N4O. The molecule has 2 fully saturated rings. The highest BCUT2D eigenvalue weighted by Gasteiger charge is 2.23. The molecule has 0 saturated carbocycles. The first-order valence-corrected chi connectivity index (χ1v) is 8.18. The number of nitrogens with zero attached hydrogens (tertiary/aromatic N) is 3. The van der Waals surface area contributed by atoms with E-state index in [-0.39, 0.29) is 6.61 Å². The van der Waals surface area contributed by atoms with Crippen molar-refractivity contribution in [1.29, 1.82) is 0 Å². The lowest BCUT2D eigenvalue weighted by Gasteiger charge is -2.33. The smallest absolute Gasteiger partial charge is 0.132 e. The van der Waals surface area contributed by atoms with Crippen molar-refractivity contribution in [2.45, 2.75) is 38.5 Å². The zero-order valence-electron chi connectivity index (χ0n) is 12.9. The van der Waals surface area contributed by atoms with E-state index in [0.29, 0.717) is 11.8 Å². The van der Waals surface area contributed by atoms with E-state index in [0.717, 1.165) is 63.5 Å². The molecule has 3 rings (SSSR count). The minimum Gasteiger partial charge on any atom is -0.396 e. The van der Waals surface area contributed by atoms with Crippen LogP contribution in [0.5, 0.6) is 0 Å². The van der Waals surface area contributed by atoms with E-state index in [1.807, 2.05) is 6.92 Å². The number of aliphatic hydroxyl groups is 1. The third kappa shape index (κ3) is 3.52. The SMILES string of the molecule is Cc1nc(C2CCNCC2)cc(N2CCC[C@H](CO)C2)n1. The van der Waals surface area contributed by atoms with Crippen molar-refractivity contribution in [3.8, 4) is 0 Å². The summed E-state index contributed by atoms with van der Waals surface area (Å²) < 4.78 is 0. The molecule has 0 bridgehead atoms. The largest absolute Gasteiger partial charge is 0.396 e. The van der Waals surface area contributed by atoms with Crippen LogP contribution in [0, 0.1) is 12.8 Å². The first-order valence-electron chi connectivity index (χ1n) is 8.18. The zero-order chi connectivity index (χ0) is 14.7. The maximum Gasteiger partial charge on any atom is 0.132 e. The van der Waals surface area contributed by atoms with Gasteiger partial charge in [0.15, 0.2) is 0 Å². The molecule has 21 heavy (non-hydrogen) atoms. The van der Waals surface area contributed by atoms with Gasteiger partial charge < -0.3 is 15.3 Å². The predicted molar refractivity (Wildman–Crippen MR) is 83.6 cm³/mol. The number of aliphatic hydroxyl groups excluding tert-OH is 1. The molecule has 2 N–H and O–H groups in total. The van der Waals surface area contributed by atoms with E-state index in [2.05, 4.69) is 26.3 Å². The third-order valence-corrected chi connectivity index (χ3v) is 4.70. The van der Waals surface area contributed by atoms with Gasteiger partial charge in [-0.1, -0.05) is 0 Å². The van der Waals surface area contributed by atoms with E-state index in [9.17, 15) is 5.11 Å². The lowest BCUT2D eigenvalue weighted by Crippen LogP contribution is -2.37. The van der Waals surface area contributed by atoms with Crippen LogP contribution < -0.4 is 10.2 Å². The van der Waals surface area contributed by atoms with E-state index in [1.54, 1.807) is 0 Å². The lowest BCUT2D eigenvalue weighted by molar-refractivity contribution is 0.208. The summed E-state index contributed by atoms with van der Waals surface area (Å²) in [6, 6.07) is 2.18. The number of aryl methyl sites for hydroxylation is 1. The highest BCUT2D eigenvalue weighted by molar-refractivity contribution is 5.41. The fraction of sp³-hybridized carbons (Fsp3) is 0.750. The molecule has 5 nitrogen and oxygen atoms in total. The molecule has 0 amide bonds. The van der Waals surface area contributed by atoms with Gasteiger partial charge in [-0.25, -0.2) is 9.97 Å². The molecule has 3 heterocycles. The Bertz CT molecular complexity index is 473. The van der Waals surface area contributed by atoms with Crippen LogP contribution in [0.25, 0.3) is 0 Å². The van der Waals surface area contributed by atoms with Gasteiger partial charge in [-0.15, -0.1) is 0 Å². The molecule has 116 valence electrons. The standard InChI is InChI=1S/C16H26N4O/c1-12-18-15(14-4-6-17-7-5-14)9-16(19-12)20-8-2-3-13(10-20)11-21/h9,13-14,17,21H,2-8,10-11H2,1H3/t13-/m0/s1. The maximum absolute atomic E-state index is 9.40. The van der Waals surface area contributed by atoms with Crippen molar-refractivity contribution in [2.75, 3.05) is 37.7 Å². The molecular weight excluding hydrogens is 264 g/mol. The van der Waals surface area contributed by atoms with E-state index in [4.69, 9.17) is 0 Å². The Labute approximate surface area is 126 Å². The van der Waals surface area contributed by atoms with Crippen molar-refractivity contribution in [2.24, 2.45) is 5.92 Å². The number of hydrogen-bond acceptors (Lipinski definition) is 5. The van der Waals surface area contributed by atoms with E-state index >= 15 is 0 Å². The number of piperidine rings is 2. The summed E-state index contributed by atoms with van der Waals surface area (Å²) in [5, 5.41) is 12.8. The average molecular weight is 290 g/mol. The Morgan fingerprint density at radius 1 is 1.29 bits per heavy atom. The van der Waals surface area contributed by atoms with Crippen molar-refractivity contribution < 1.29 is 5.11 Å². The highest BCUT2D eigenvalue weighted by Crippen LogP contribution is 2.28. The molecule has 2 saturated heterocycles. The van der Waals surface area contributed by atoms with Crippen LogP contribution in [-0.4, -0.2) is 47.9 Å². The molecule has 1 aromatic rings. The van der Waals surface area contributed by atoms with Crippen LogP contribution >= 0.6 is 0 Å². The predicted octanol–water partition coefficient (Wildman–Crippen LogP) is 1.46. The number of anilines is 1. The summed E-state index contributed by atoms with van der Waals surface area (Å²) in [6.45, 7) is 6.39. The quantitative estimate of drug-likeness (QED) is 0.882. The van der Waals surface area contributed by atoms with Gasteiger partial charge in [0.1, 0.15) is 11.6 Å². The minimum absolute atomic E-state index is 0.279. The Morgan fingerprint density at radius 2 is 2.10 bits per heavy atom. The first-order chi connectivity index (χ1) is 10.3. The molecule has 0 spiro atoms. The van der Waals surface area contributed by atoms with Gasteiger partial charge >= 0.3 is 0 Å². The number of aromatic nitrogens is 2. The van der Waals surface area contributed by atoms with Gasteiger partial charge in [-0.2, -0.15) is 0 Å². The van der Waals surface area contributed by atoms with Crippen LogP contribution in [0.3, 0.4) is 0 Å². The highest BCUT2D eigenvalue weighted by atomic mass is 16.3. The monoisotopic (exact) mass is 290 g/mol. The fourth-order valence-electron chi connectivity index (χ4n) is 3.49. The molecule has 2 aliphatic rings. The number of hydrogen-bond donors (Lipinski definition) is 2. The second-order valence-electron chi connectivity index (χ2n) is 6.36. The van der Waals surface area contributed by atoms with Crippen LogP contribution in [0.4, 0.5) is 5.82 Å². The summed E-state index contributed by atoms with van der Waals surface area (Å²) in [5.41, 5.74) is 1.20. The Kier molecular flexibility index (Phi) is 4.70. The van der Waals surface area contributed by atoms with Gasteiger partial charge in [0, 0.05) is 37.4 Å². The van der Waals surface area contributed by atoms with Crippen LogP contribution in [-0.2, 0) is 0 Å². The van der Waals surface area contributed by atoms with Gasteiger partial charge in [-0.3, -0.25) is 0 Å². The summed E-state index contributed by atoms with van der Waals surface area (Å²) in [4.78, 5) is 11.6. The van der Waals surface area contributed by atoms with Crippen molar-refractivity contribution >= 4 is 5.82 Å². The average Bonchev–Trinajstić information content (AvgIpc) is 2.55. The van der Waals surface area contributed by atoms with Crippen LogP contribution in [0.2, 0.25) is 0 Å². The summed E-state index contributed by atoms with van der Waals surface area (Å²) in [6.07, 6.45) is 4.58. The van der Waals surface area contributed by atoms with Gasteiger partial charge in [0.05, 0.1) is 0 Å². The molecule has 1 aromatic heterocycles. The molecule has 0 unspecified atom stereocenters. The molecule has 2 aliphatic heterocycles. The Morgan fingerprint density at radius 3 is 2.86 bits per heavy atom. The molecule has 0 radical (unpaired) electrons. The molecule has 0 aromatic carbocycles. The Hall–Kier alpha value is -1.20. The van der Waals surface area contributed by atoms with Crippen molar-refractivity contribution in [3.63, 3.8) is 0 Å². The summed E-state index contributed by atoms with van der Waals surface area (Å²) >= 11 is 0. The topological polar surface area (TPSA) is 61.3 Å².